The molecule has 1 unspecified atom stereocenters. The molecule has 1 N–H and O–H groups in total. The lowest BCUT2D eigenvalue weighted by atomic mass is 9.98. The van der Waals surface area contributed by atoms with Gasteiger partial charge in [-0.1, -0.05) is 13.8 Å². The maximum absolute atomic E-state index is 9.22. The summed E-state index contributed by atoms with van der Waals surface area (Å²) in [7, 11) is 0. The Kier molecular flexibility index (Phi) is 7.36. The minimum absolute atomic E-state index is 0.353. The van der Waals surface area contributed by atoms with Gasteiger partial charge in [0.15, 0.2) is 0 Å². The van der Waals surface area contributed by atoms with E-state index >= 15 is 0 Å². The number of hydrogen-bond donors (Lipinski definition) is 1. The van der Waals surface area contributed by atoms with E-state index in [0.717, 1.165) is 26.1 Å². The third-order valence-corrected chi connectivity index (χ3v) is 2.77. The largest absolute Gasteiger partial charge is 0.304 e. The molecule has 0 amide bonds. The van der Waals surface area contributed by atoms with Gasteiger partial charge in [-0.3, -0.25) is 5.32 Å². The van der Waals surface area contributed by atoms with Gasteiger partial charge in [0.05, 0.1) is 6.07 Å². The molecule has 16 heavy (non-hydrogen) atoms. The monoisotopic (exact) mass is 225 g/mol. The van der Waals surface area contributed by atoms with E-state index in [9.17, 15) is 5.26 Å². The molecule has 1 atom stereocenters. The van der Waals surface area contributed by atoms with Crippen molar-refractivity contribution in [3.05, 3.63) is 0 Å². The maximum Gasteiger partial charge on any atom is 0.105 e. The molecule has 0 radical (unpaired) electrons. The number of nitrogens with one attached hydrogen (secondary N) is 1. The molecule has 0 aliphatic carbocycles. The smallest absolute Gasteiger partial charge is 0.105 e. The van der Waals surface area contributed by atoms with Crippen LogP contribution in [0.5, 0.6) is 0 Å². The molecule has 0 aliphatic heterocycles. The van der Waals surface area contributed by atoms with Crippen LogP contribution in [0.15, 0.2) is 0 Å². The van der Waals surface area contributed by atoms with E-state index in [1.165, 1.54) is 6.42 Å². The van der Waals surface area contributed by atoms with Crippen LogP contribution in [0.2, 0.25) is 0 Å². The molecule has 0 rings (SSSR count). The quantitative estimate of drug-likeness (QED) is 0.689. The molecule has 0 spiro atoms. The highest BCUT2D eigenvalue weighted by Gasteiger charge is 2.24. The molecule has 0 bridgehead atoms. The minimum Gasteiger partial charge on any atom is -0.304 e. The average Bonchev–Trinajstić information content (AvgIpc) is 2.23. The molecule has 3 nitrogen and oxygen atoms in total. The van der Waals surface area contributed by atoms with Gasteiger partial charge < -0.3 is 4.90 Å². The van der Waals surface area contributed by atoms with Crippen LogP contribution in [0.4, 0.5) is 0 Å². The van der Waals surface area contributed by atoms with Crippen molar-refractivity contribution in [3.63, 3.8) is 0 Å². The van der Waals surface area contributed by atoms with Gasteiger partial charge in [-0.05, 0) is 46.7 Å². The van der Waals surface area contributed by atoms with Crippen molar-refractivity contribution in [1.29, 1.82) is 5.26 Å². The Morgan fingerprint density at radius 3 is 2.31 bits per heavy atom. The summed E-state index contributed by atoms with van der Waals surface area (Å²) in [5.41, 5.74) is -0.394. The molecule has 0 aliphatic rings. The fourth-order valence-electron chi connectivity index (χ4n) is 1.92. The molecule has 0 saturated carbocycles. The fourth-order valence-corrected chi connectivity index (χ4v) is 1.92. The molecular weight excluding hydrogens is 198 g/mol. The second kappa shape index (κ2) is 7.65. The molecule has 0 fully saturated rings. The van der Waals surface area contributed by atoms with Gasteiger partial charge in [0.25, 0.3) is 0 Å². The van der Waals surface area contributed by atoms with Crippen LogP contribution in [0.1, 0.15) is 47.5 Å². The lowest BCUT2D eigenvalue weighted by Gasteiger charge is -2.29. The van der Waals surface area contributed by atoms with Gasteiger partial charge in [0.2, 0.25) is 0 Å². The van der Waals surface area contributed by atoms with Crippen molar-refractivity contribution in [2.75, 3.05) is 19.6 Å². The van der Waals surface area contributed by atoms with E-state index in [1.54, 1.807) is 0 Å². The molecule has 0 saturated heterocycles. The minimum atomic E-state index is -0.394. The Bertz CT molecular complexity index is 220. The fraction of sp³-hybridized carbons (Fsp3) is 0.923. The van der Waals surface area contributed by atoms with Crippen LogP contribution in [0, 0.1) is 11.3 Å². The highest BCUT2D eigenvalue weighted by atomic mass is 15.1. The summed E-state index contributed by atoms with van der Waals surface area (Å²) in [6, 6.07) is 2.75. The Morgan fingerprint density at radius 2 is 1.94 bits per heavy atom. The van der Waals surface area contributed by atoms with Crippen LogP contribution >= 0.6 is 0 Å². The third kappa shape index (κ3) is 6.09. The molecule has 0 aromatic rings. The molecular formula is C13H27N3. The van der Waals surface area contributed by atoms with Crippen LogP contribution in [-0.2, 0) is 0 Å². The second-order valence-electron chi connectivity index (χ2n) is 4.93. The van der Waals surface area contributed by atoms with Crippen molar-refractivity contribution in [2.45, 2.75) is 59.0 Å². The van der Waals surface area contributed by atoms with E-state index in [2.05, 4.69) is 44.0 Å². The van der Waals surface area contributed by atoms with Crippen LogP contribution < -0.4 is 5.32 Å². The number of nitrogens with zero attached hydrogens (tertiary/aromatic N) is 2. The van der Waals surface area contributed by atoms with Crippen molar-refractivity contribution < 1.29 is 0 Å². The van der Waals surface area contributed by atoms with Gasteiger partial charge >= 0.3 is 0 Å². The predicted molar refractivity (Wildman–Crippen MR) is 69.3 cm³/mol. The summed E-state index contributed by atoms with van der Waals surface area (Å²) in [5, 5.41) is 12.6. The first-order chi connectivity index (χ1) is 7.47. The molecule has 94 valence electrons. The number of rotatable bonds is 8. The van der Waals surface area contributed by atoms with Gasteiger partial charge in [-0.15, -0.1) is 0 Å². The van der Waals surface area contributed by atoms with Gasteiger partial charge in [-0.25, -0.2) is 0 Å². The first-order valence-corrected chi connectivity index (χ1v) is 6.38. The molecule has 3 heteroatoms. The first kappa shape index (κ1) is 15.4. The molecule has 0 aromatic carbocycles. The highest BCUT2D eigenvalue weighted by Crippen LogP contribution is 2.11. The van der Waals surface area contributed by atoms with Gasteiger partial charge in [0.1, 0.15) is 5.54 Å². The van der Waals surface area contributed by atoms with Crippen LogP contribution in [0.3, 0.4) is 0 Å². The van der Waals surface area contributed by atoms with Crippen LogP contribution in [0.25, 0.3) is 0 Å². The first-order valence-electron chi connectivity index (χ1n) is 6.38. The molecule has 0 aromatic heterocycles. The zero-order chi connectivity index (χ0) is 12.6. The number of hydrogen-bond acceptors (Lipinski definition) is 3. The van der Waals surface area contributed by atoms with Gasteiger partial charge in [-0.2, -0.15) is 5.26 Å². The SMILES string of the molecule is CCCN(CC)CCC(C)(C#N)NC(C)C. The third-order valence-electron chi connectivity index (χ3n) is 2.77. The Labute approximate surface area is 101 Å². The normalized spacial score (nSPS) is 15.1. The van der Waals surface area contributed by atoms with Gasteiger partial charge in [0, 0.05) is 12.6 Å². The van der Waals surface area contributed by atoms with E-state index in [0.29, 0.717) is 6.04 Å². The summed E-state index contributed by atoms with van der Waals surface area (Å²) >= 11 is 0. The lowest BCUT2D eigenvalue weighted by Crippen LogP contribution is -2.47. The average molecular weight is 225 g/mol. The molecule has 0 heterocycles. The Hall–Kier alpha value is -0.590. The number of nitriles is 1. The van der Waals surface area contributed by atoms with Crippen LogP contribution in [-0.4, -0.2) is 36.1 Å². The summed E-state index contributed by atoms with van der Waals surface area (Å²) in [6.07, 6.45) is 2.06. The van der Waals surface area contributed by atoms with E-state index < -0.39 is 5.54 Å². The van der Waals surface area contributed by atoms with E-state index in [1.807, 2.05) is 6.92 Å². The summed E-state index contributed by atoms with van der Waals surface area (Å²) < 4.78 is 0. The Morgan fingerprint density at radius 1 is 1.31 bits per heavy atom. The standard InChI is InChI=1S/C13H27N3/c1-6-9-16(7-2)10-8-13(5,11-14)15-12(3)4/h12,15H,6-10H2,1-5H3. The van der Waals surface area contributed by atoms with Crippen molar-refractivity contribution in [1.82, 2.24) is 10.2 Å². The zero-order valence-electron chi connectivity index (χ0n) is 11.5. The summed E-state index contributed by atoms with van der Waals surface area (Å²) in [4.78, 5) is 2.40. The maximum atomic E-state index is 9.22. The second-order valence-corrected chi connectivity index (χ2v) is 4.93. The topological polar surface area (TPSA) is 39.1 Å². The van der Waals surface area contributed by atoms with E-state index in [4.69, 9.17) is 0 Å². The van der Waals surface area contributed by atoms with Crippen molar-refractivity contribution in [2.24, 2.45) is 0 Å². The zero-order valence-corrected chi connectivity index (χ0v) is 11.5. The van der Waals surface area contributed by atoms with Crippen molar-refractivity contribution >= 4 is 0 Å². The predicted octanol–water partition coefficient (Wildman–Crippen LogP) is 2.39. The van der Waals surface area contributed by atoms with E-state index in [-0.39, 0.29) is 0 Å². The Balaban J connectivity index is 4.17. The summed E-state index contributed by atoms with van der Waals surface area (Å²) in [6.45, 7) is 13.7. The lowest BCUT2D eigenvalue weighted by molar-refractivity contribution is 0.250. The van der Waals surface area contributed by atoms with Crippen molar-refractivity contribution in [3.8, 4) is 6.07 Å². The summed E-state index contributed by atoms with van der Waals surface area (Å²) in [5.74, 6) is 0. The highest BCUT2D eigenvalue weighted by molar-refractivity contribution is 5.04.